The summed E-state index contributed by atoms with van der Waals surface area (Å²) < 4.78 is 16.6. The molecule has 2 bridgehead atoms. The van der Waals surface area contributed by atoms with Gasteiger partial charge in [-0.3, -0.25) is 5.41 Å². The van der Waals surface area contributed by atoms with Crippen molar-refractivity contribution < 1.29 is 14.2 Å². The summed E-state index contributed by atoms with van der Waals surface area (Å²) in [5.74, 6) is 0.0696. The second-order valence-corrected chi connectivity index (χ2v) is 4.48. The van der Waals surface area contributed by atoms with Crippen molar-refractivity contribution >= 4 is 5.96 Å². The molecule has 2 rings (SSSR count). The van der Waals surface area contributed by atoms with Crippen molar-refractivity contribution in [2.75, 3.05) is 27.4 Å². The summed E-state index contributed by atoms with van der Waals surface area (Å²) in [5.41, 5.74) is 5.09. The molecule has 6 nitrogen and oxygen atoms in total. The number of nitrogens with zero attached hydrogens (tertiary/aromatic N) is 1. The lowest BCUT2D eigenvalue weighted by Crippen LogP contribution is -2.52. The van der Waals surface area contributed by atoms with Gasteiger partial charge in [-0.25, -0.2) is 0 Å². The van der Waals surface area contributed by atoms with E-state index < -0.39 is 5.60 Å². The van der Waals surface area contributed by atoms with Gasteiger partial charge in [0.1, 0.15) is 11.7 Å². The van der Waals surface area contributed by atoms with Gasteiger partial charge in [0, 0.05) is 14.2 Å². The third kappa shape index (κ3) is 1.41. The van der Waals surface area contributed by atoms with Gasteiger partial charge in [0.25, 0.3) is 0 Å². The molecule has 2 heterocycles. The van der Waals surface area contributed by atoms with E-state index in [1.54, 1.807) is 14.2 Å². The Labute approximate surface area is 95.1 Å². The summed E-state index contributed by atoms with van der Waals surface area (Å²) in [6, 6.07) is 0.0117. The number of likely N-dealkylation sites (tertiary alicyclic amines) is 1. The fraction of sp³-hybridized carbons (Fsp3) is 0.900. The Morgan fingerprint density at radius 2 is 2.31 bits per heavy atom. The van der Waals surface area contributed by atoms with Crippen molar-refractivity contribution in [2.45, 2.75) is 30.8 Å². The number of nitrogens with one attached hydrogen (secondary N) is 1. The summed E-state index contributed by atoms with van der Waals surface area (Å²) in [5, 5.41) is 7.57. The average molecular weight is 229 g/mol. The minimum atomic E-state index is -0.487. The smallest absolute Gasteiger partial charge is 0.188 e. The molecule has 16 heavy (non-hydrogen) atoms. The van der Waals surface area contributed by atoms with Crippen LogP contribution in [0.15, 0.2) is 0 Å². The molecule has 0 aromatic carbocycles. The summed E-state index contributed by atoms with van der Waals surface area (Å²) in [6.45, 7) is 2.99. The van der Waals surface area contributed by atoms with Crippen LogP contribution in [0.25, 0.3) is 0 Å². The zero-order chi connectivity index (χ0) is 11.9. The molecular formula is C10H19N3O3. The molecule has 0 amide bonds. The molecule has 0 aliphatic carbocycles. The molecule has 0 saturated carbocycles. The van der Waals surface area contributed by atoms with Crippen LogP contribution in [-0.4, -0.2) is 62.1 Å². The van der Waals surface area contributed by atoms with Gasteiger partial charge in [0.15, 0.2) is 5.96 Å². The molecule has 92 valence electrons. The van der Waals surface area contributed by atoms with Crippen LogP contribution in [0.1, 0.15) is 6.92 Å². The molecule has 0 aromatic heterocycles. The third-order valence-electron chi connectivity index (χ3n) is 3.48. The molecule has 2 fully saturated rings. The molecule has 2 aliphatic heterocycles. The highest BCUT2D eigenvalue weighted by molar-refractivity contribution is 5.76. The molecule has 0 radical (unpaired) electrons. The van der Waals surface area contributed by atoms with Crippen LogP contribution in [0.2, 0.25) is 0 Å². The lowest BCUT2D eigenvalue weighted by molar-refractivity contribution is -0.127. The predicted octanol–water partition coefficient (Wildman–Crippen LogP) is -0.617. The van der Waals surface area contributed by atoms with Crippen LogP contribution in [0.5, 0.6) is 0 Å². The molecule has 2 aliphatic rings. The molecule has 4 atom stereocenters. The summed E-state index contributed by atoms with van der Waals surface area (Å²) in [7, 11) is 3.30. The minimum Gasteiger partial charge on any atom is -0.382 e. The Balaban J connectivity index is 2.29. The predicted molar refractivity (Wildman–Crippen MR) is 58.4 cm³/mol. The van der Waals surface area contributed by atoms with Gasteiger partial charge in [-0.1, -0.05) is 0 Å². The van der Waals surface area contributed by atoms with E-state index in [2.05, 4.69) is 0 Å². The maximum Gasteiger partial charge on any atom is 0.188 e. The van der Waals surface area contributed by atoms with E-state index in [0.29, 0.717) is 13.2 Å². The van der Waals surface area contributed by atoms with Crippen LogP contribution >= 0.6 is 0 Å². The second-order valence-electron chi connectivity index (χ2n) is 4.48. The normalized spacial score (nSPS) is 41.7. The van der Waals surface area contributed by atoms with E-state index in [9.17, 15) is 0 Å². The Morgan fingerprint density at radius 3 is 2.81 bits per heavy atom. The van der Waals surface area contributed by atoms with E-state index in [0.717, 1.165) is 0 Å². The maximum atomic E-state index is 7.57. The topological polar surface area (TPSA) is 80.8 Å². The van der Waals surface area contributed by atoms with Crippen molar-refractivity contribution in [3.63, 3.8) is 0 Å². The molecule has 0 spiro atoms. The highest BCUT2D eigenvalue weighted by Crippen LogP contribution is 2.43. The van der Waals surface area contributed by atoms with E-state index >= 15 is 0 Å². The van der Waals surface area contributed by atoms with Gasteiger partial charge in [-0.2, -0.15) is 0 Å². The Morgan fingerprint density at radius 1 is 1.62 bits per heavy atom. The second kappa shape index (κ2) is 3.87. The zero-order valence-corrected chi connectivity index (χ0v) is 9.90. The number of morpholine rings is 1. The number of rotatable bonds is 3. The van der Waals surface area contributed by atoms with Crippen molar-refractivity contribution in [1.82, 2.24) is 4.90 Å². The van der Waals surface area contributed by atoms with Gasteiger partial charge in [-0.15, -0.1) is 0 Å². The molecular weight excluding hydrogens is 210 g/mol. The van der Waals surface area contributed by atoms with E-state index in [4.69, 9.17) is 25.4 Å². The fourth-order valence-corrected chi connectivity index (χ4v) is 3.01. The first-order valence-electron chi connectivity index (χ1n) is 5.36. The Hall–Kier alpha value is -0.850. The Bertz CT molecular complexity index is 299. The first kappa shape index (κ1) is 11.6. The lowest BCUT2D eigenvalue weighted by atomic mass is 9.99. The molecule has 0 aromatic rings. The summed E-state index contributed by atoms with van der Waals surface area (Å²) >= 11 is 0. The van der Waals surface area contributed by atoms with Crippen LogP contribution in [0.4, 0.5) is 0 Å². The van der Waals surface area contributed by atoms with Gasteiger partial charge in [0.2, 0.25) is 0 Å². The van der Waals surface area contributed by atoms with E-state index in [1.807, 2.05) is 11.8 Å². The first-order chi connectivity index (χ1) is 7.55. The molecule has 2 unspecified atom stereocenters. The van der Waals surface area contributed by atoms with Crippen molar-refractivity contribution in [3.05, 3.63) is 0 Å². The largest absolute Gasteiger partial charge is 0.382 e. The van der Waals surface area contributed by atoms with E-state index in [-0.39, 0.29) is 24.2 Å². The molecule has 6 heteroatoms. The number of ether oxygens (including phenoxy) is 3. The minimum absolute atomic E-state index is 0.00208. The van der Waals surface area contributed by atoms with Crippen molar-refractivity contribution in [1.29, 1.82) is 5.41 Å². The first-order valence-corrected chi connectivity index (χ1v) is 5.36. The highest BCUT2D eigenvalue weighted by Gasteiger charge is 2.63. The number of hydrogen-bond donors (Lipinski definition) is 2. The van der Waals surface area contributed by atoms with Crippen LogP contribution < -0.4 is 5.73 Å². The maximum absolute atomic E-state index is 7.57. The van der Waals surface area contributed by atoms with Crippen LogP contribution in [0.3, 0.4) is 0 Å². The monoisotopic (exact) mass is 229 g/mol. The number of fused-ring (bicyclic) bond motifs is 2. The van der Waals surface area contributed by atoms with Gasteiger partial charge >= 0.3 is 0 Å². The number of hydrogen-bond acceptors (Lipinski definition) is 4. The average Bonchev–Trinajstić information content (AvgIpc) is 2.65. The third-order valence-corrected chi connectivity index (χ3v) is 3.48. The summed E-state index contributed by atoms with van der Waals surface area (Å²) in [4.78, 5) is 1.83. The fourth-order valence-electron chi connectivity index (χ4n) is 3.01. The zero-order valence-electron chi connectivity index (χ0n) is 9.90. The SMILES string of the molecule is COC[C@]12CN(C(=N)N)C(C1OC)[C@H](C)O2. The number of nitrogens with two attached hydrogens (primary N) is 1. The quantitative estimate of drug-likeness (QED) is 0.498. The lowest BCUT2D eigenvalue weighted by Gasteiger charge is -2.35. The van der Waals surface area contributed by atoms with Crippen molar-refractivity contribution in [3.8, 4) is 0 Å². The van der Waals surface area contributed by atoms with Gasteiger partial charge in [0.05, 0.1) is 25.3 Å². The van der Waals surface area contributed by atoms with Crippen LogP contribution in [-0.2, 0) is 14.2 Å². The Kier molecular flexibility index (Phi) is 2.81. The molecule has 2 saturated heterocycles. The number of methoxy groups -OCH3 is 2. The standard InChI is InChI=1S/C10H19N3O3/c1-6-7-8(15-3)10(16-6,5-14-2)4-13(7)9(11)12/h6-8H,4-5H2,1-3H3,(H3,11,12)/t6-,7?,8?,10+/m0/s1. The van der Waals surface area contributed by atoms with Gasteiger partial charge < -0.3 is 24.8 Å². The highest BCUT2D eigenvalue weighted by atomic mass is 16.6. The number of guanidine groups is 1. The van der Waals surface area contributed by atoms with Crippen molar-refractivity contribution in [2.24, 2.45) is 5.73 Å². The van der Waals surface area contributed by atoms with Gasteiger partial charge in [-0.05, 0) is 6.92 Å². The molecule has 3 N–H and O–H groups in total. The van der Waals surface area contributed by atoms with Crippen LogP contribution in [0, 0.1) is 5.41 Å². The van der Waals surface area contributed by atoms with E-state index in [1.165, 1.54) is 0 Å². The summed E-state index contributed by atoms with van der Waals surface area (Å²) in [6.07, 6.45) is -0.0934.